The second kappa shape index (κ2) is 9.15. The maximum absolute atomic E-state index is 12.4. The zero-order valence-corrected chi connectivity index (χ0v) is 18.3. The van der Waals surface area contributed by atoms with E-state index in [1.54, 1.807) is 24.3 Å². The van der Waals surface area contributed by atoms with E-state index in [4.69, 9.17) is 0 Å². The Morgan fingerprint density at radius 3 is 2.47 bits per heavy atom. The summed E-state index contributed by atoms with van der Waals surface area (Å²) in [6.07, 6.45) is 0.366. The number of rotatable bonds is 7. The van der Waals surface area contributed by atoms with Crippen LogP contribution >= 0.6 is 11.8 Å². The first-order valence-corrected chi connectivity index (χ1v) is 10.8. The van der Waals surface area contributed by atoms with Gasteiger partial charge in [0.05, 0.1) is 5.75 Å². The molecule has 9 nitrogen and oxygen atoms in total. The Balaban J connectivity index is 1.45. The number of ketones is 1. The van der Waals surface area contributed by atoms with E-state index in [9.17, 15) is 14.4 Å². The van der Waals surface area contributed by atoms with Crippen LogP contribution in [0.2, 0.25) is 0 Å². The van der Waals surface area contributed by atoms with Crippen LogP contribution in [0, 0.1) is 6.92 Å². The highest BCUT2D eigenvalue weighted by atomic mass is 32.2. The van der Waals surface area contributed by atoms with E-state index < -0.39 is 0 Å². The number of carbonyl (C=O) groups excluding carboxylic acids is 2. The average Bonchev–Trinajstić information content (AvgIpc) is 3.16. The van der Waals surface area contributed by atoms with Crippen molar-refractivity contribution >= 4 is 34.9 Å². The summed E-state index contributed by atoms with van der Waals surface area (Å²) in [5.74, 6) is 0.00464. The molecule has 0 aliphatic carbocycles. The molecule has 2 aromatic heterocycles. The molecule has 32 heavy (non-hydrogen) atoms. The van der Waals surface area contributed by atoms with Crippen LogP contribution in [0.15, 0.2) is 58.5 Å². The van der Waals surface area contributed by atoms with Gasteiger partial charge in [-0.3, -0.25) is 19.4 Å². The van der Waals surface area contributed by atoms with Crippen LogP contribution in [0.4, 0.5) is 5.69 Å². The van der Waals surface area contributed by atoms with E-state index in [1.807, 2.05) is 31.2 Å². The number of aromatic amines is 1. The van der Waals surface area contributed by atoms with Gasteiger partial charge in [-0.15, -0.1) is 10.2 Å². The maximum Gasteiger partial charge on any atom is 0.274 e. The fourth-order valence-electron chi connectivity index (χ4n) is 2.99. The fourth-order valence-corrected chi connectivity index (χ4v) is 3.67. The van der Waals surface area contributed by atoms with Gasteiger partial charge in [0.25, 0.3) is 11.3 Å². The minimum atomic E-state index is -0.325. The molecule has 10 heteroatoms. The standard InChI is InChI=1S/C22H20N6O3S/c1-13-3-5-15(6-4-13)11-18-20(31)24-21-25-26-22(28(21)27-18)32-12-19(30)23-17-9-7-16(8-10-17)14(2)29/h3-10H,11-12H2,1-2H3,(H,23,30)(H,24,25,31). The first-order chi connectivity index (χ1) is 15.4. The third-order valence-corrected chi connectivity index (χ3v) is 5.64. The van der Waals surface area contributed by atoms with E-state index in [-0.39, 0.29) is 28.8 Å². The minimum Gasteiger partial charge on any atom is -0.325 e. The van der Waals surface area contributed by atoms with Crippen molar-refractivity contribution in [2.45, 2.75) is 25.4 Å². The fraction of sp³-hybridized carbons (Fsp3) is 0.182. The van der Waals surface area contributed by atoms with E-state index in [0.717, 1.165) is 22.9 Å². The lowest BCUT2D eigenvalue weighted by molar-refractivity contribution is -0.113. The lowest BCUT2D eigenvalue weighted by Crippen LogP contribution is -2.19. The molecule has 2 heterocycles. The molecule has 0 radical (unpaired) electrons. The van der Waals surface area contributed by atoms with Gasteiger partial charge in [0.15, 0.2) is 5.78 Å². The predicted octanol–water partition coefficient (Wildman–Crippen LogP) is 2.65. The van der Waals surface area contributed by atoms with Gasteiger partial charge in [0, 0.05) is 17.7 Å². The quantitative estimate of drug-likeness (QED) is 0.329. The maximum atomic E-state index is 12.4. The Morgan fingerprint density at radius 2 is 1.78 bits per heavy atom. The van der Waals surface area contributed by atoms with E-state index in [1.165, 1.54) is 11.4 Å². The van der Waals surface area contributed by atoms with E-state index >= 15 is 0 Å². The van der Waals surface area contributed by atoms with Gasteiger partial charge in [-0.2, -0.15) is 9.61 Å². The van der Waals surface area contributed by atoms with Crippen molar-refractivity contribution in [3.05, 3.63) is 81.3 Å². The highest BCUT2D eigenvalue weighted by Crippen LogP contribution is 2.16. The molecule has 0 saturated heterocycles. The van der Waals surface area contributed by atoms with Gasteiger partial charge >= 0.3 is 0 Å². The molecule has 0 fully saturated rings. The largest absolute Gasteiger partial charge is 0.325 e. The predicted molar refractivity (Wildman–Crippen MR) is 121 cm³/mol. The van der Waals surface area contributed by atoms with Gasteiger partial charge in [-0.25, -0.2) is 0 Å². The number of amides is 1. The molecule has 4 aromatic rings. The number of aryl methyl sites for hydroxylation is 1. The number of benzene rings is 2. The zero-order chi connectivity index (χ0) is 22.7. The molecule has 162 valence electrons. The van der Waals surface area contributed by atoms with Crippen molar-refractivity contribution in [1.82, 2.24) is 24.8 Å². The van der Waals surface area contributed by atoms with E-state index in [2.05, 4.69) is 25.6 Å². The Kier molecular flexibility index (Phi) is 6.13. The molecule has 0 bridgehead atoms. The summed E-state index contributed by atoms with van der Waals surface area (Å²) in [4.78, 5) is 38.7. The molecular formula is C22H20N6O3S. The Hall–Kier alpha value is -3.79. The summed E-state index contributed by atoms with van der Waals surface area (Å²) in [5, 5.41) is 15.5. The number of carbonyl (C=O) groups is 2. The number of fused-ring (bicyclic) bond motifs is 1. The van der Waals surface area contributed by atoms with Gasteiger partial charge in [0.2, 0.25) is 11.1 Å². The van der Waals surface area contributed by atoms with Crippen molar-refractivity contribution in [3.8, 4) is 0 Å². The number of nitrogens with zero attached hydrogens (tertiary/aromatic N) is 4. The summed E-state index contributed by atoms with van der Waals surface area (Å²) in [5.41, 5.74) is 3.28. The van der Waals surface area contributed by atoms with Crippen molar-refractivity contribution in [3.63, 3.8) is 0 Å². The SMILES string of the molecule is CC(=O)c1ccc(NC(=O)CSc2nnc3[nH]c(=O)c(Cc4ccc(C)cc4)nn23)cc1. The molecule has 0 saturated carbocycles. The minimum absolute atomic E-state index is 0.0376. The molecule has 4 rings (SSSR count). The van der Waals surface area contributed by atoms with Crippen LogP contribution in [0.5, 0.6) is 0 Å². The second-order valence-electron chi connectivity index (χ2n) is 7.25. The van der Waals surface area contributed by atoms with Crippen molar-refractivity contribution in [2.75, 3.05) is 11.1 Å². The molecule has 0 aliphatic heterocycles. The number of H-pyrrole nitrogens is 1. The first kappa shape index (κ1) is 21.4. The van der Waals surface area contributed by atoms with Crippen molar-refractivity contribution in [2.24, 2.45) is 0 Å². The molecule has 0 aliphatic rings. The van der Waals surface area contributed by atoms with Gasteiger partial charge < -0.3 is 5.32 Å². The van der Waals surface area contributed by atoms with Crippen molar-refractivity contribution < 1.29 is 9.59 Å². The summed E-state index contributed by atoms with van der Waals surface area (Å²) in [6, 6.07) is 14.5. The monoisotopic (exact) mass is 448 g/mol. The van der Waals surface area contributed by atoms with Crippen molar-refractivity contribution in [1.29, 1.82) is 0 Å². The Labute approximate surface area is 187 Å². The summed E-state index contributed by atoms with van der Waals surface area (Å²) >= 11 is 1.15. The van der Waals surface area contributed by atoms with Gasteiger partial charge in [0.1, 0.15) is 5.69 Å². The second-order valence-corrected chi connectivity index (χ2v) is 8.19. The number of Topliss-reactive ketones (excluding diaryl/α,β-unsaturated/α-hetero) is 1. The Bertz CT molecular complexity index is 1340. The van der Waals surface area contributed by atoms with Gasteiger partial charge in [-0.05, 0) is 43.7 Å². The lowest BCUT2D eigenvalue weighted by atomic mass is 10.1. The van der Waals surface area contributed by atoms with Crippen LogP contribution < -0.4 is 10.9 Å². The lowest BCUT2D eigenvalue weighted by Gasteiger charge is -2.05. The third-order valence-electron chi connectivity index (χ3n) is 4.72. The topological polar surface area (TPSA) is 122 Å². The normalized spacial score (nSPS) is 10.9. The molecule has 0 unspecified atom stereocenters. The smallest absolute Gasteiger partial charge is 0.274 e. The van der Waals surface area contributed by atoms with Crippen LogP contribution in [-0.2, 0) is 11.2 Å². The first-order valence-electron chi connectivity index (χ1n) is 9.83. The number of hydrogen-bond acceptors (Lipinski definition) is 7. The summed E-state index contributed by atoms with van der Waals surface area (Å²) in [6.45, 7) is 3.49. The molecular weight excluding hydrogens is 428 g/mol. The molecule has 2 N–H and O–H groups in total. The Morgan fingerprint density at radius 1 is 1.06 bits per heavy atom. The summed E-state index contributed by atoms with van der Waals surface area (Å²) < 4.78 is 1.44. The third kappa shape index (κ3) is 4.92. The highest BCUT2D eigenvalue weighted by molar-refractivity contribution is 7.99. The van der Waals surface area contributed by atoms with Crippen LogP contribution in [0.1, 0.15) is 34.1 Å². The van der Waals surface area contributed by atoms with Crippen LogP contribution in [-0.4, -0.2) is 42.2 Å². The molecule has 1 amide bonds. The van der Waals surface area contributed by atoms with Crippen LogP contribution in [0.3, 0.4) is 0 Å². The number of anilines is 1. The number of aromatic nitrogens is 5. The molecule has 2 aromatic carbocycles. The van der Waals surface area contributed by atoms with Gasteiger partial charge in [-0.1, -0.05) is 41.6 Å². The van der Waals surface area contributed by atoms with Crippen LogP contribution in [0.25, 0.3) is 5.78 Å². The highest BCUT2D eigenvalue weighted by Gasteiger charge is 2.14. The molecule has 0 spiro atoms. The number of thioether (sulfide) groups is 1. The summed E-state index contributed by atoms with van der Waals surface area (Å²) in [7, 11) is 0. The number of hydrogen-bond donors (Lipinski definition) is 2. The number of nitrogens with one attached hydrogen (secondary N) is 2. The molecule has 0 atom stereocenters. The van der Waals surface area contributed by atoms with E-state index in [0.29, 0.717) is 28.5 Å². The average molecular weight is 449 g/mol. The zero-order valence-electron chi connectivity index (χ0n) is 17.5.